The van der Waals surface area contributed by atoms with E-state index in [0.29, 0.717) is 5.92 Å². The van der Waals surface area contributed by atoms with Crippen molar-refractivity contribution in [3.05, 3.63) is 35.7 Å². The predicted octanol–water partition coefficient (Wildman–Crippen LogP) is 3.19. The lowest BCUT2D eigenvalue weighted by Gasteiger charge is -1.99. The maximum atomic E-state index is 10.6. The van der Waals surface area contributed by atoms with Crippen LogP contribution in [0.4, 0.5) is 0 Å². The third-order valence-electron chi connectivity index (χ3n) is 2.85. The lowest BCUT2D eigenvalue weighted by molar-refractivity contribution is -0.136. The van der Waals surface area contributed by atoms with Gasteiger partial charge in [0.05, 0.1) is 6.42 Å². The second-order valence-electron chi connectivity index (χ2n) is 4.51. The Labute approximate surface area is 119 Å². The van der Waals surface area contributed by atoms with Crippen LogP contribution in [-0.2, 0) is 11.2 Å². The van der Waals surface area contributed by atoms with E-state index in [0.717, 1.165) is 20.6 Å². The zero-order valence-electron chi connectivity index (χ0n) is 10.1. The summed E-state index contributed by atoms with van der Waals surface area (Å²) >= 11 is 3.01. The maximum absolute atomic E-state index is 10.6. The van der Waals surface area contributed by atoms with Crippen molar-refractivity contribution in [1.29, 1.82) is 0 Å². The molecular weight excluding hydrogens is 280 g/mol. The van der Waals surface area contributed by atoms with Gasteiger partial charge in [0, 0.05) is 10.8 Å². The summed E-state index contributed by atoms with van der Waals surface area (Å²) < 4.78 is 5.32. The number of benzene rings is 1. The molecule has 98 valence electrons. The molecule has 0 saturated heterocycles. The first-order valence-electron chi connectivity index (χ1n) is 6.03. The summed E-state index contributed by atoms with van der Waals surface area (Å²) in [6, 6.07) is 7.56. The molecule has 1 aromatic carbocycles. The quantitative estimate of drug-likeness (QED) is 0.917. The van der Waals surface area contributed by atoms with Crippen LogP contribution in [0, 0.1) is 0 Å². The minimum absolute atomic E-state index is 0.0651. The Morgan fingerprint density at radius 2 is 2.11 bits per heavy atom. The van der Waals surface area contributed by atoms with Crippen LogP contribution in [0.15, 0.2) is 33.5 Å². The van der Waals surface area contributed by atoms with E-state index in [-0.39, 0.29) is 6.42 Å². The molecule has 1 heterocycles. The van der Waals surface area contributed by atoms with Crippen LogP contribution in [0.2, 0.25) is 0 Å². The SMILES string of the molecule is O=C(O)Cc1ccc(Sc2nc(C3CC3)ns2)cc1. The first-order valence-corrected chi connectivity index (χ1v) is 7.62. The fourth-order valence-corrected chi connectivity index (χ4v) is 3.38. The van der Waals surface area contributed by atoms with Crippen molar-refractivity contribution in [3.8, 4) is 0 Å². The third-order valence-corrected chi connectivity index (χ3v) is 4.62. The van der Waals surface area contributed by atoms with Crippen molar-refractivity contribution in [2.24, 2.45) is 0 Å². The smallest absolute Gasteiger partial charge is 0.307 e. The molecular formula is C13H12N2O2S2. The second-order valence-corrected chi connectivity index (χ2v) is 6.58. The Hall–Kier alpha value is -1.40. The van der Waals surface area contributed by atoms with E-state index in [1.54, 1.807) is 11.8 Å². The molecule has 4 nitrogen and oxygen atoms in total. The highest BCUT2D eigenvalue weighted by atomic mass is 32.2. The van der Waals surface area contributed by atoms with Crippen molar-refractivity contribution in [1.82, 2.24) is 9.36 Å². The van der Waals surface area contributed by atoms with Crippen LogP contribution in [0.25, 0.3) is 0 Å². The van der Waals surface area contributed by atoms with Gasteiger partial charge < -0.3 is 5.11 Å². The molecule has 0 atom stereocenters. The number of carbonyl (C=O) groups is 1. The van der Waals surface area contributed by atoms with E-state index in [1.807, 2.05) is 24.3 Å². The summed E-state index contributed by atoms with van der Waals surface area (Å²) in [5, 5.41) is 8.71. The second kappa shape index (κ2) is 5.30. The average Bonchev–Trinajstić information content (AvgIpc) is 3.12. The normalized spacial score (nSPS) is 14.5. The van der Waals surface area contributed by atoms with Gasteiger partial charge in [0.25, 0.3) is 0 Å². The first kappa shape index (κ1) is 12.6. The van der Waals surface area contributed by atoms with Gasteiger partial charge in [-0.3, -0.25) is 4.79 Å². The lowest BCUT2D eigenvalue weighted by atomic mass is 10.2. The zero-order valence-corrected chi connectivity index (χ0v) is 11.7. The highest BCUT2D eigenvalue weighted by Crippen LogP contribution is 2.40. The van der Waals surface area contributed by atoms with Crippen molar-refractivity contribution in [2.45, 2.75) is 34.4 Å². The highest BCUT2D eigenvalue weighted by molar-refractivity contribution is 8.01. The van der Waals surface area contributed by atoms with E-state index in [9.17, 15) is 4.79 Å². The molecule has 0 bridgehead atoms. The fourth-order valence-electron chi connectivity index (χ4n) is 1.72. The van der Waals surface area contributed by atoms with Crippen LogP contribution in [0.5, 0.6) is 0 Å². The van der Waals surface area contributed by atoms with Gasteiger partial charge in [-0.05, 0) is 42.1 Å². The number of rotatable bonds is 5. The third kappa shape index (κ3) is 3.33. The summed E-state index contributed by atoms with van der Waals surface area (Å²) in [4.78, 5) is 16.2. The fraction of sp³-hybridized carbons (Fsp3) is 0.308. The van der Waals surface area contributed by atoms with E-state index in [4.69, 9.17) is 5.11 Å². The zero-order chi connectivity index (χ0) is 13.2. The van der Waals surface area contributed by atoms with Crippen molar-refractivity contribution in [3.63, 3.8) is 0 Å². The molecule has 1 aliphatic carbocycles. The van der Waals surface area contributed by atoms with E-state index in [1.165, 1.54) is 24.4 Å². The minimum atomic E-state index is -0.807. The summed E-state index contributed by atoms with van der Waals surface area (Å²) in [6.45, 7) is 0. The maximum Gasteiger partial charge on any atom is 0.307 e. The van der Waals surface area contributed by atoms with E-state index >= 15 is 0 Å². The van der Waals surface area contributed by atoms with Gasteiger partial charge in [-0.2, -0.15) is 4.37 Å². The average molecular weight is 292 g/mol. The molecule has 1 fully saturated rings. The number of carboxylic acids is 1. The van der Waals surface area contributed by atoms with Crippen molar-refractivity contribution >= 4 is 29.3 Å². The van der Waals surface area contributed by atoms with Crippen LogP contribution in [0.3, 0.4) is 0 Å². The van der Waals surface area contributed by atoms with Crippen LogP contribution in [-0.4, -0.2) is 20.4 Å². The Bertz CT molecular complexity index is 591. The number of aliphatic carboxylic acids is 1. The molecule has 1 saturated carbocycles. The molecule has 0 radical (unpaired) electrons. The summed E-state index contributed by atoms with van der Waals surface area (Å²) in [6.07, 6.45) is 2.49. The van der Waals surface area contributed by atoms with E-state index < -0.39 is 5.97 Å². The van der Waals surface area contributed by atoms with E-state index in [2.05, 4.69) is 9.36 Å². The van der Waals surface area contributed by atoms with Crippen molar-refractivity contribution < 1.29 is 9.90 Å². The molecule has 1 aromatic heterocycles. The Kier molecular flexibility index (Phi) is 3.52. The van der Waals surface area contributed by atoms with Gasteiger partial charge in [0.15, 0.2) is 4.34 Å². The Morgan fingerprint density at radius 1 is 1.37 bits per heavy atom. The van der Waals surface area contributed by atoms with Gasteiger partial charge in [-0.1, -0.05) is 23.9 Å². The van der Waals surface area contributed by atoms with Crippen LogP contribution in [0.1, 0.15) is 30.1 Å². The van der Waals surface area contributed by atoms with Crippen molar-refractivity contribution in [2.75, 3.05) is 0 Å². The molecule has 1 aliphatic rings. The van der Waals surface area contributed by atoms with Gasteiger partial charge in [0.2, 0.25) is 0 Å². The number of hydrogen-bond donors (Lipinski definition) is 1. The largest absolute Gasteiger partial charge is 0.481 e. The molecule has 1 N–H and O–H groups in total. The molecule has 0 amide bonds. The van der Waals surface area contributed by atoms with Gasteiger partial charge in [0.1, 0.15) is 5.82 Å². The molecule has 0 unspecified atom stereocenters. The predicted molar refractivity (Wildman–Crippen MR) is 73.8 cm³/mol. The van der Waals surface area contributed by atoms with Crippen LogP contribution < -0.4 is 0 Å². The number of carboxylic acid groups (broad SMARTS) is 1. The molecule has 2 aromatic rings. The van der Waals surface area contributed by atoms with Gasteiger partial charge in [-0.15, -0.1) is 0 Å². The molecule has 0 aliphatic heterocycles. The monoisotopic (exact) mass is 292 g/mol. The lowest BCUT2D eigenvalue weighted by Crippen LogP contribution is -1.99. The summed E-state index contributed by atoms with van der Waals surface area (Å²) in [5.74, 6) is 0.761. The number of aromatic nitrogens is 2. The highest BCUT2D eigenvalue weighted by Gasteiger charge is 2.27. The minimum Gasteiger partial charge on any atom is -0.481 e. The molecule has 6 heteroatoms. The summed E-state index contributed by atoms with van der Waals surface area (Å²) in [7, 11) is 0. The molecule has 19 heavy (non-hydrogen) atoms. The molecule has 3 rings (SSSR count). The van der Waals surface area contributed by atoms with Gasteiger partial charge >= 0.3 is 5.97 Å². The number of hydrogen-bond acceptors (Lipinski definition) is 5. The van der Waals surface area contributed by atoms with Gasteiger partial charge in [-0.25, -0.2) is 4.98 Å². The topological polar surface area (TPSA) is 63.1 Å². The molecule has 0 spiro atoms. The number of nitrogens with zero attached hydrogens (tertiary/aromatic N) is 2. The summed E-state index contributed by atoms with van der Waals surface area (Å²) in [5.41, 5.74) is 0.813. The Balaban J connectivity index is 1.66. The first-order chi connectivity index (χ1) is 9.20. The Morgan fingerprint density at radius 3 is 2.74 bits per heavy atom. The standard InChI is InChI=1S/C13H12N2O2S2/c16-11(17)7-8-1-5-10(6-2-8)18-13-14-12(15-19-13)9-3-4-9/h1-2,5-6,9H,3-4,7H2,(H,16,17). The van der Waals surface area contributed by atoms with Crippen LogP contribution >= 0.6 is 23.3 Å².